The summed E-state index contributed by atoms with van der Waals surface area (Å²) in [6, 6.07) is 8.37. The minimum atomic E-state index is -0.235. The van der Waals surface area contributed by atoms with Gasteiger partial charge in [0.25, 0.3) is 0 Å². The van der Waals surface area contributed by atoms with Crippen molar-refractivity contribution in [2.45, 2.75) is 25.3 Å². The molecule has 1 saturated heterocycles. The first-order valence-corrected chi connectivity index (χ1v) is 9.65. The van der Waals surface area contributed by atoms with E-state index in [0.717, 1.165) is 12.0 Å². The molecule has 1 aliphatic heterocycles. The van der Waals surface area contributed by atoms with Gasteiger partial charge in [0.05, 0.1) is 6.61 Å². The van der Waals surface area contributed by atoms with Gasteiger partial charge in [-0.2, -0.15) is 4.98 Å². The third kappa shape index (κ3) is 4.16. The molecule has 28 heavy (non-hydrogen) atoms. The number of ether oxygens (including phenoxy) is 1. The van der Waals surface area contributed by atoms with E-state index in [1.54, 1.807) is 24.4 Å². The Balaban J connectivity index is 1.27. The third-order valence-corrected chi connectivity index (χ3v) is 5.14. The Labute approximate surface area is 163 Å². The van der Waals surface area contributed by atoms with Gasteiger partial charge in [-0.3, -0.25) is 0 Å². The van der Waals surface area contributed by atoms with E-state index >= 15 is 0 Å². The van der Waals surface area contributed by atoms with Gasteiger partial charge in [-0.1, -0.05) is 12.1 Å². The topological polar surface area (TPSA) is 70.6 Å². The Morgan fingerprint density at radius 2 is 2.11 bits per heavy atom. The fraction of sp³-hybridized carbons (Fsp3) is 0.450. The summed E-state index contributed by atoms with van der Waals surface area (Å²) in [6.07, 6.45) is 2.54. The molecule has 0 unspecified atom stereocenters. The van der Waals surface area contributed by atoms with E-state index < -0.39 is 0 Å². The average Bonchev–Trinajstić information content (AvgIpc) is 3.48. The number of nitrogens with zero attached hydrogens (tertiary/aromatic N) is 4. The first-order valence-electron chi connectivity index (χ1n) is 9.65. The molecule has 2 atom stereocenters. The van der Waals surface area contributed by atoms with Crippen LogP contribution in [0.3, 0.4) is 0 Å². The van der Waals surface area contributed by atoms with Crippen molar-refractivity contribution in [1.29, 1.82) is 0 Å². The van der Waals surface area contributed by atoms with Gasteiger partial charge < -0.3 is 19.9 Å². The van der Waals surface area contributed by atoms with Gasteiger partial charge >= 0.3 is 6.03 Å². The van der Waals surface area contributed by atoms with E-state index in [4.69, 9.17) is 4.74 Å². The summed E-state index contributed by atoms with van der Waals surface area (Å²) >= 11 is 0. The molecule has 1 N–H and O–H groups in total. The second-order valence-electron chi connectivity index (χ2n) is 7.06. The van der Waals surface area contributed by atoms with Crippen molar-refractivity contribution in [3.8, 4) is 5.88 Å². The Morgan fingerprint density at radius 1 is 1.29 bits per heavy atom. The predicted molar refractivity (Wildman–Crippen MR) is 103 cm³/mol. The van der Waals surface area contributed by atoms with Crippen LogP contribution in [-0.2, 0) is 0 Å². The maximum absolute atomic E-state index is 13.4. The molecule has 2 aromatic rings. The average molecular weight is 385 g/mol. The highest BCUT2D eigenvalue weighted by molar-refractivity contribution is 5.75. The molecule has 0 radical (unpaired) electrons. The number of benzene rings is 1. The zero-order valence-corrected chi connectivity index (χ0v) is 15.8. The minimum absolute atomic E-state index is 0.0625. The van der Waals surface area contributed by atoms with Crippen LogP contribution in [0.5, 0.6) is 5.88 Å². The maximum atomic E-state index is 13.4. The molecule has 2 amide bonds. The number of piperazine rings is 1. The van der Waals surface area contributed by atoms with Crippen LogP contribution < -0.4 is 15.0 Å². The Hall–Kier alpha value is -2.90. The molecule has 1 aliphatic carbocycles. The highest BCUT2D eigenvalue weighted by Crippen LogP contribution is 2.41. The number of carbonyl (C=O) groups excluding carboxylic acids is 1. The molecule has 1 aromatic carbocycles. The maximum Gasteiger partial charge on any atom is 0.317 e. The molecule has 7 nitrogen and oxygen atoms in total. The van der Waals surface area contributed by atoms with Crippen LogP contribution in [0.4, 0.5) is 15.1 Å². The molecular formula is C20H24FN5O2. The number of urea groups is 1. The van der Waals surface area contributed by atoms with Crippen LogP contribution in [0.15, 0.2) is 36.5 Å². The highest BCUT2D eigenvalue weighted by atomic mass is 19.1. The third-order valence-electron chi connectivity index (χ3n) is 5.14. The lowest BCUT2D eigenvalue weighted by atomic mass is 10.1. The lowest BCUT2D eigenvalue weighted by Gasteiger charge is -2.34. The van der Waals surface area contributed by atoms with Gasteiger partial charge in [0.1, 0.15) is 5.82 Å². The van der Waals surface area contributed by atoms with E-state index in [1.165, 1.54) is 6.07 Å². The predicted octanol–water partition coefficient (Wildman–Crippen LogP) is 2.40. The van der Waals surface area contributed by atoms with Crippen molar-refractivity contribution in [3.05, 3.63) is 47.9 Å². The van der Waals surface area contributed by atoms with E-state index in [2.05, 4.69) is 20.2 Å². The van der Waals surface area contributed by atoms with Crippen molar-refractivity contribution in [2.75, 3.05) is 37.7 Å². The monoisotopic (exact) mass is 385 g/mol. The van der Waals surface area contributed by atoms with E-state index in [9.17, 15) is 9.18 Å². The summed E-state index contributed by atoms with van der Waals surface area (Å²) in [5, 5.41) is 3.07. The lowest BCUT2D eigenvalue weighted by molar-refractivity contribution is 0.193. The Bertz CT molecular complexity index is 841. The van der Waals surface area contributed by atoms with Gasteiger partial charge in [0.15, 0.2) is 0 Å². The van der Waals surface area contributed by atoms with Gasteiger partial charge in [-0.15, -0.1) is 0 Å². The molecule has 2 fully saturated rings. The summed E-state index contributed by atoms with van der Waals surface area (Å²) in [7, 11) is 0. The van der Waals surface area contributed by atoms with Crippen LogP contribution in [0, 0.1) is 5.82 Å². The smallest absolute Gasteiger partial charge is 0.317 e. The molecular weight excluding hydrogens is 361 g/mol. The van der Waals surface area contributed by atoms with Gasteiger partial charge in [-0.25, -0.2) is 14.2 Å². The normalized spacial score (nSPS) is 21.4. The largest absolute Gasteiger partial charge is 0.478 e. The zero-order chi connectivity index (χ0) is 19.5. The fourth-order valence-electron chi connectivity index (χ4n) is 3.53. The van der Waals surface area contributed by atoms with Gasteiger partial charge in [0, 0.05) is 50.4 Å². The number of halogens is 1. The molecule has 148 valence electrons. The second-order valence-corrected chi connectivity index (χ2v) is 7.06. The quantitative estimate of drug-likeness (QED) is 0.856. The highest BCUT2D eigenvalue weighted by Gasteiger charge is 2.40. The molecule has 2 heterocycles. The van der Waals surface area contributed by atoms with Crippen molar-refractivity contribution >= 4 is 12.0 Å². The minimum Gasteiger partial charge on any atom is -0.478 e. The number of aromatic nitrogens is 2. The van der Waals surface area contributed by atoms with Crippen molar-refractivity contribution < 1.29 is 13.9 Å². The molecule has 8 heteroatoms. The van der Waals surface area contributed by atoms with Crippen LogP contribution in [0.1, 0.15) is 24.8 Å². The number of rotatable bonds is 5. The molecule has 2 aliphatic rings. The molecule has 1 aromatic heterocycles. The van der Waals surface area contributed by atoms with E-state index in [0.29, 0.717) is 44.6 Å². The number of hydrogen-bond acceptors (Lipinski definition) is 5. The van der Waals surface area contributed by atoms with Crippen LogP contribution in [0.2, 0.25) is 0 Å². The first-order chi connectivity index (χ1) is 13.6. The van der Waals surface area contributed by atoms with Crippen LogP contribution >= 0.6 is 0 Å². The number of anilines is 1. The standard InChI is InChI=1S/C20H24FN5O2/c1-2-28-18-6-7-22-19(24-18)25-8-10-26(11-9-25)20(27)23-17-13-16(17)14-4-3-5-15(21)12-14/h3-7,12,16-17H,2,8-11,13H2,1H3,(H,23,27)/t16-,17+/m0/s1. The number of nitrogens with one attached hydrogen (secondary N) is 1. The number of carbonyl (C=O) groups is 1. The first kappa shape index (κ1) is 18.5. The Kier molecular flexibility index (Phi) is 5.27. The van der Waals surface area contributed by atoms with Crippen LogP contribution in [0.25, 0.3) is 0 Å². The molecule has 0 spiro atoms. The lowest BCUT2D eigenvalue weighted by Crippen LogP contribution is -2.52. The van der Waals surface area contributed by atoms with E-state index in [-0.39, 0.29) is 23.8 Å². The van der Waals surface area contributed by atoms with E-state index in [1.807, 2.05) is 17.9 Å². The van der Waals surface area contributed by atoms with Crippen molar-refractivity contribution in [2.24, 2.45) is 0 Å². The summed E-state index contributed by atoms with van der Waals surface area (Å²) in [5.74, 6) is 1.15. The van der Waals surface area contributed by atoms with Crippen molar-refractivity contribution in [3.63, 3.8) is 0 Å². The van der Waals surface area contributed by atoms with Crippen LogP contribution in [-0.4, -0.2) is 59.7 Å². The summed E-state index contributed by atoms with van der Waals surface area (Å²) in [5.41, 5.74) is 0.946. The zero-order valence-electron chi connectivity index (χ0n) is 15.8. The second kappa shape index (κ2) is 8.00. The van der Waals surface area contributed by atoms with Gasteiger partial charge in [0.2, 0.25) is 11.8 Å². The number of amides is 2. The molecule has 4 rings (SSSR count). The Morgan fingerprint density at radius 3 is 2.86 bits per heavy atom. The molecule has 1 saturated carbocycles. The summed E-state index contributed by atoms with van der Waals surface area (Å²) in [6.45, 7) is 5.01. The van der Waals surface area contributed by atoms with Crippen molar-refractivity contribution in [1.82, 2.24) is 20.2 Å². The number of hydrogen-bond donors (Lipinski definition) is 1. The molecule has 0 bridgehead atoms. The SMILES string of the molecule is CCOc1ccnc(N2CCN(C(=O)N[C@@H]3C[C@H]3c3cccc(F)c3)CC2)n1. The van der Waals surface area contributed by atoms with Gasteiger partial charge in [-0.05, 0) is 31.0 Å². The summed E-state index contributed by atoms with van der Waals surface area (Å²) < 4.78 is 18.8. The summed E-state index contributed by atoms with van der Waals surface area (Å²) in [4.78, 5) is 25.1. The fourth-order valence-corrected chi connectivity index (χ4v) is 3.53.